The third-order valence-electron chi connectivity index (χ3n) is 3.83. The fraction of sp³-hybridized carbons (Fsp3) is 0.333. The summed E-state index contributed by atoms with van der Waals surface area (Å²) < 4.78 is 11.1. The van der Waals surface area contributed by atoms with E-state index in [0.29, 0.717) is 17.6 Å². The van der Waals surface area contributed by atoms with Crippen molar-refractivity contribution in [3.8, 4) is 5.75 Å². The number of fused-ring (bicyclic) bond motifs is 1. The second-order valence-electron chi connectivity index (χ2n) is 5.39. The number of benzene rings is 1. The summed E-state index contributed by atoms with van der Waals surface area (Å²) in [5, 5.41) is 0. The van der Waals surface area contributed by atoms with Crippen molar-refractivity contribution in [2.24, 2.45) is 0 Å². The van der Waals surface area contributed by atoms with Gasteiger partial charge in [-0.25, -0.2) is 4.79 Å². The predicted octanol–water partition coefficient (Wildman–Crippen LogP) is 3.32. The third kappa shape index (κ3) is 3.27. The van der Waals surface area contributed by atoms with E-state index in [1.807, 2.05) is 25.1 Å². The van der Waals surface area contributed by atoms with Crippen LogP contribution in [0.5, 0.6) is 5.75 Å². The number of rotatable bonds is 5. The molecule has 0 aromatic heterocycles. The largest absolute Gasteiger partial charge is 0.485 e. The molecule has 0 saturated carbocycles. The first kappa shape index (κ1) is 16.0. The molecule has 2 atom stereocenters. The first-order chi connectivity index (χ1) is 10.5. The van der Waals surface area contributed by atoms with Crippen LogP contribution in [0.25, 0.3) is 0 Å². The van der Waals surface area contributed by atoms with Crippen LogP contribution in [-0.4, -0.2) is 18.4 Å². The van der Waals surface area contributed by atoms with E-state index in [-0.39, 0.29) is 18.2 Å². The Morgan fingerprint density at radius 2 is 2.23 bits per heavy atom. The predicted molar refractivity (Wildman–Crippen MR) is 83.7 cm³/mol. The Balaban J connectivity index is 2.12. The Bertz CT molecular complexity index is 642. The average molecular weight is 300 g/mol. The number of carbonyl (C=O) groups excluding carboxylic acids is 2. The topological polar surface area (TPSA) is 52.6 Å². The summed E-state index contributed by atoms with van der Waals surface area (Å²) in [4.78, 5) is 22.6. The normalized spacial score (nSPS) is 18.1. The van der Waals surface area contributed by atoms with Gasteiger partial charge in [0.05, 0.1) is 0 Å². The van der Waals surface area contributed by atoms with Gasteiger partial charge in [0.25, 0.3) is 0 Å². The van der Waals surface area contributed by atoms with Crippen LogP contribution in [0.4, 0.5) is 0 Å². The quantitative estimate of drug-likeness (QED) is 0.475. The van der Waals surface area contributed by atoms with Gasteiger partial charge >= 0.3 is 5.97 Å². The molecule has 4 heteroatoms. The molecule has 0 fully saturated rings. The van der Waals surface area contributed by atoms with Gasteiger partial charge in [-0.3, -0.25) is 4.79 Å². The highest BCUT2D eigenvalue weighted by Crippen LogP contribution is 2.33. The van der Waals surface area contributed by atoms with Crippen molar-refractivity contribution in [3.63, 3.8) is 0 Å². The monoisotopic (exact) mass is 300 g/mol. The minimum Gasteiger partial charge on any atom is -0.485 e. The lowest BCUT2D eigenvalue weighted by Crippen LogP contribution is -2.16. The number of ether oxygens (including phenoxy) is 2. The summed E-state index contributed by atoms with van der Waals surface area (Å²) in [6.45, 7) is 9.05. The molecule has 4 nitrogen and oxygen atoms in total. The number of allylic oxidation sites excluding steroid dienone is 1. The summed E-state index contributed by atoms with van der Waals surface area (Å²) in [6, 6.07) is 5.67. The van der Waals surface area contributed by atoms with Crippen LogP contribution in [0.1, 0.15) is 38.0 Å². The minimum absolute atomic E-state index is 0.300. The van der Waals surface area contributed by atoms with Crippen LogP contribution in [-0.2, 0) is 20.7 Å². The van der Waals surface area contributed by atoms with Gasteiger partial charge in [-0.1, -0.05) is 18.7 Å². The van der Waals surface area contributed by atoms with Crippen molar-refractivity contribution < 1.29 is 19.1 Å². The van der Waals surface area contributed by atoms with Crippen molar-refractivity contribution in [2.45, 2.75) is 39.4 Å². The molecule has 1 aromatic carbocycles. The SMILES string of the molecule is C=C(C=O)C1Cc2cc(C(C)OC(=O)C(C)=CC)ccc2O1. The fourth-order valence-electron chi connectivity index (χ4n) is 2.24. The lowest BCUT2D eigenvalue weighted by molar-refractivity contribution is -0.143. The Kier molecular flexibility index (Phi) is 4.81. The number of esters is 1. The molecular weight excluding hydrogens is 280 g/mol. The Morgan fingerprint density at radius 1 is 1.50 bits per heavy atom. The number of hydrogen-bond donors (Lipinski definition) is 0. The Labute approximate surface area is 130 Å². The molecule has 0 aliphatic carbocycles. The molecule has 0 amide bonds. The van der Waals surface area contributed by atoms with E-state index in [9.17, 15) is 9.59 Å². The van der Waals surface area contributed by atoms with Gasteiger partial charge in [0.15, 0.2) is 0 Å². The minimum atomic E-state index is -0.346. The van der Waals surface area contributed by atoms with Crippen LogP contribution >= 0.6 is 0 Å². The smallest absolute Gasteiger partial charge is 0.333 e. The second kappa shape index (κ2) is 6.60. The van der Waals surface area contributed by atoms with E-state index in [0.717, 1.165) is 23.2 Å². The van der Waals surface area contributed by atoms with Gasteiger partial charge in [-0.15, -0.1) is 0 Å². The van der Waals surface area contributed by atoms with Crippen molar-refractivity contribution in [1.29, 1.82) is 0 Å². The second-order valence-corrected chi connectivity index (χ2v) is 5.39. The molecule has 0 radical (unpaired) electrons. The van der Waals surface area contributed by atoms with E-state index in [1.54, 1.807) is 19.9 Å². The van der Waals surface area contributed by atoms with Crippen LogP contribution in [0.3, 0.4) is 0 Å². The average Bonchev–Trinajstić information content (AvgIpc) is 2.95. The van der Waals surface area contributed by atoms with Crippen LogP contribution in [0, 0.1) is 0 Å². The Hall–Kier alpha value is -2.36. The molecular formula is C18H20O4. The van der Waals surface area contributed by atoms with Gasteiger partial charge in [0.2, 0.25) is 0 Å². The van der Waals surface area contributed by atoms with E-state index >= 15 is 0 Å². The summed E-state index contributed by atoms with van der Waals surface area (Å²) in [6.07, 6.45) is 2.41. The van der Waals surface area contributed by atoms with Gasteiger partial charge in [-0.05, 0) is 44.0 Å². The molecule has 116 valence electrons. The molecule has 0 bridgehead atoms. The summed E-state index contributed by atoms with van der Waals surface area (Å²) in [5.41, 5.74) is 2.91. The molecule has 1 aromatic rings. The number of carbonyl (C=O) groups is 2. The maximum Gasteiger partial charge on any atom is 0.333 e. The molecule has 0 spiro atoms. The van der Waals surface area contributed by atoms with E-state index < -0.39 is 0 Å². The first-order valence-corrected chi connectivity index (χ1v) is 7.23. The fourth-order valence-corrected chi connectivity index (χ4v) is 2.24. The highest BCUT2D eigenvalue weighted by atomic mass is 16.5. The third-order valence-corrected chi connectivity index (χ3v) is 3.83. The van der Waals surface area contributed by atoms with Crippen LogP contribution in [0.15, 0.2) is 42.0 Å². The molecule has 22 heavy (non-hydrogen) atoms. The lowest BCUT2D eigenvalue weighted by Gasteiger charge is -2.14. The van der Waals surface area contributed by atoms with Gasteiger partial charge in [-0.2, -0.15) is 0 Å². The van der Waals surface area contributed by atoms with Crippen molar-refractivity contribution >= 4 is 12.3 Å². The van der Waals surface area contributed by atoms with Crippen LogP contribution in [0.2, 0.25) is 0 Å². The summed E-state index contributed by atoms with van der Waals surface area (Å²) in [7, 11) is 0. The molecule has 0 saturated heterocycles. The van der Waals surface area contributed by atoms with E-state index in [4.69, 9.17) is 9.47 Å². The standard InChI is InChI=1S/C18H20O4/c1-5-11(2)18(20)21-13(4)14-6-7-16-15(8-14)9-17(22-16)12(3)10-19/h5-8,10,13,17H,3,9H2,1-2,4H3. The van der Waals surface area contributed by atoms with Crippen molar-refractivity contribution in [3.05, 3.63) is 53.1 Å². The zero-order valence-corrected chi connectivity index (χ0v) is 13.1. The van der Waals surface area contributed by atoms with Crippen molar-refractivity contribution in [2.75, 3.05) is 0 Å². The Morgan fingerprint density at radius 3 is 2.86 bits per heavy atom. The summed E-state index contributed by atoms with van der Waals surface area (Å²) in [5.74, 6) is 0.430. The maximum atomic E-state index is 11.8. The van der Waals surface area contributed by atoms with Gasteiger partial charge in [0.1, 0.15) is 24.2 Å². The van der Waals surface area contributed by atoms with Gasteiger partial charge < -0.3 is 9.47 Å². The molecule has 1 aliphatic heterocycles. The molecule has 2 unspecified atom stereocenters. The molecule has 0 N–H and O–H groups in total. The summed E-state index contributed by atoms with van der Waals surface area (Å²) >= 11 is 0. The van der Waals surface area contributed by atoms with Crippen molar-refractivity contribution in [1.82, 2.24) is 0 Å². The maximum absolute atomic E-state index is 11.8. The highest BCUT2D eigenvalue weighted by Gasteiger charge is 2.26. The molecule has 1 heterocycles. The highest BCUT2D eigenvalue weighted by molar-refractivity contribution is 5.87. The first-order valence-electron chi connectivity index (χ1n) is 7.23. The lowest BCUT2D eigenvalue weighted by atomic mass is 10.0. The zero-order chi connectivity index (χ0) is 16.3. The molecule has 2 rings (SSSR count). The number of aldehydes is 1. The van der Waals surface area contributed by atoms with Gasteiger partial charge in [0, 0.05) is 17.6 Å². The van der Waals surface area contributed by atoms with E-state index in [1.165, 1.54) is 0 Å². The van der Waals surface area contributed by atoms with Crippen LogP contribution < -0.4 is 4.74 Å². The number of hydrogen-bond acceptors (Lipinski definition) is 4. The van der Waals surface area contributed by atoms with E-state index in [2.05, 4.69) is 6.58 Å². The molecule has 1 aliphatic rings. The zero-order valence-electron chi connectivity index (χ0n) is 13.1.